The highest BCUT2D eigenvalue weighted by Gasteiger charge is 2.05. The molecule has 0 radical (unpaired) electrons. The number of hydrogen-bond donors (Lipinski definition) is 1. The SMILES string of the molecule is CCOc1ccccc1/C=C/C(=O)NCc1cc(C)oc1C. The molecule has 1 N–H and O–H groups in total. The second kappa shape index (κ2) is 7.50. The minimum atomic E-state index is -0.149. The number of benzene rings is 1. The zero-order chi connectivity index (χ0) is 15.9. The minimum Gasteiger partial charge on any atom is -0.493 e. The van der Waals surface area contributed by atoms with Crippen LogP contribution >= 0.6 is 0 Å². The zero-order valence-corrected chi connectivity index (χ0v) is 13.2. The number of rotatable bonds is 6. The van der Waals surface area contributed by atoms with Crippen LogP contribution < -0.4 is 10.1 Å². The average Bonchev–Trinajstić information content (AvgIpc) is 2.82. The number of amides is 1. The molecular formula is C18H21NO3. The number of para-hydroxylation sites is 1. The molecule has 0 atom stereocenters. The monoisotopic (exact) mass is 299 g/mol. The number of carbonyl (C=O) groups is 1. The van der Waals surface area contributed by atoms with E-state index in [4.69, 9.17) is 9.15 Å². The van der Waals surface area contributed by atoms with Crippen molar-refractivity contribution in [1.82, 2.24) is 5.32 Å². The van der Waals surface area contributed by atoms with Crippen LogP contribution in [0, 0.1) is 13.8 Å². The smallest absolute Gasteiger partial charge is 0.244 e. The van der Waals surface area contributed by atoms with E-state index in [9.17, 15) is 4.79 Å². The molecule has 0 saturated carbocycles. The third kappa shape index (κ3) is 4.25. The Balaban J connectivity index is 1.95. The van der Waals surface area contributed by atoms with Gasteiger partial charge in [-0.3, -0.25) is 4.79 Å². The second-order valence-electron chi connectivity index (χ2n) is 4.96. The first-order valence-corrected chi connectivity index (χ1v) is 7.33. The third-order valence-electron chi connectivity index (χ3n) is 3.23. The maximum atomic E-state index is 11.9. The van der Waals surface area contributed by atoms with Crippen LogP contribution in [0.5, 0.6) is 5.75 Å². The lowest BCUT2D eigenvalue weighted by Gasteiger charge is -2.06. The Kier molecular flexibility index (Phi) is 5.42. The lowest BCUT2D eigenvalue weighted by atomic mass is 10.2. The quantitative estimate of drug-likeness (QED) is 0.829. The van der Waals surface area contributed by atoms with E-state index in [1.807, 2.05) is 51.1 Å². The summed E-state index contributed by atoms with van der Waals surface area (Å²) in [7, 11) is 0. The summed E-state index contributed by atoms with van der Waals surface area (Å²) in [6.45, 7) is 6.77. The third-order valence-corrected chi connectivity index (χ3v) is 3.23. The number of ether oxygens (including phenoxy) is 1. The Bertz CT molecular complexity index is 671. The fourth-order valence-electron chi connectivity index (χ4n) is 2.17. The first kappa shape index (κ1) is 15.9. The van der Waals surface area contributed by atoms with Crippen molar-refractivity contribution in [3.63, 3.8) is 0 Å². The van der Waals surface area contributed by atoms with Crippen LogP contribution in [0.15, 0.2) is 40.8 Å². The predicted octanol–water partition coefficient (Wildman–Crippen LogP) is 3.62. The van der Waals surface area contributed by atoms with Crippen LogP contribution in [-0.4, -0.2) is 12.5 Å². The molecule has 0 saturated heterocycles. The first-order chi connectivity index (χ1) is 10.6. The number of aryl methyl sites for hydroxylation is 2. The van der Waals surface area contributed by atoms with Gasteiger partial charge in [0.2, 0.25) is 5.91 Å². The summed E-state index contributed by atoms with van der Waals surface area (Å²) in [4.78, 5) is 11.9. The lowest BCUT2D eigenvalue weighted by molar-refractivity contribution is -0.116. The van der Waals surface area contributed by atoms with Gasteiger partial charge in [-0.15, -0.1) is 0 Å². The summed E-state index contributed by atoms with van der Waals surface area (Å²) in [6, 6.07) is 9.56. The molecular weight excluding hydrogens is 278 g/mol. The number of furan rings is 1. The fraction of sp³-hybridized carbons (Fsp3) is 0.278. The summed E-state index contributed by atoms with van der Waals surface area (Å²) in [5, 5.41) is 2.85. The number of hydrogen-bond acceptors (Lipinski definition) is 3. The van der Waals surface area contributed by atoms with Gasteiger partial charge in [0.25, 0.3) is 0 Å². The van der Waals surface area contributed by atoms with E-state index < -0.39 is 0 Å². The van der Waals surface area contributed by atoms with Gasteiger partial charge in [-0.05, 0) is 39.0 Å². The highest BCUT2D eigenvalue weighted by molar-refractivity contribution is 5.92. The van der Waals surface area contributed by atoms with E-state index in [1.54, 1.807) is 6.08 Å². The van der Waals surface area contributed by atoms with Crippen LogP contribution in [0.25, 0.3) is 6.08 Å². The number of carbonyl (C=O) groups excluding carboxylic acids is 1. The molecule has 4 heteroatoms. The van der Waals surface area contributed by atoms with Crippen molar-refractivity contribution in [1.29, 1.82) is 0 Å². The lowest BCUT2D eigenvalue weighted by Crippen LogP contribution is -2.20. The normalized spacial score (nSPS) is 10.9. The van der Waals surface area contributed by atoms with Crippen LogP contribution in [0.3, 0.4) is 0 Å². The average molecular weight is 299 g/mol. The highest BCUT2D eigenvalue weighted by atomic mass is 16.5. The molecule has 0 spiro atoms. The molecule has 0 fully saturated rings. The second-order valence-corrected chi connectivity index (χ2v) is 4.96. The van der Waals surface area contributed by atoms with E-state index in [1.165, 1.54) is 6.08 Å². The molecule has 116 valence electrons. The van der Waals surface area contributed by atoms with Crippen molar-refractivity contribution < 1.29 is 13.9 Å². The van der Waals surface area contributed by atoms with E-state index in [2.05, 4.69) is 5.32 Å². The predicted molar refractivity (Wildman–Crippen MR) is 86.7 cm³/mol. The van der Waals surface area contributed by atoms with Crippen molar-refractivity contribution in [3.8, 4) is 5.75 Å². The molecule has 0 aliphatic heterocycles. The van der Waals surface area contributed by atoms with E-state index >= 15 is 0 Å². The molecule has 0 aliphatic carbocycles. The maximum Gasteiger partial charge on any atom is 0.244 e. The Hall–Kier alpha value is -2.49. The van der Waals surface area contributed by atoms with Gasteiger partial charge in [0.05, 0.1) is 6.61 Å². The zero-order valence-electron chi connectivity index (χ0n) is 13.2. The molecule has 4 nitrogen and oxygen atoms in total. The molecule has 0 bridgehead atoms. The van der Waals surface area contributed by atoms with E-state index in [0.29, 0.717) is 13.2 Å². The van der Waals surface area contributed by atoms with Gasteiger partial charge in [-0.2, -0.15) is 0 Å². The minimum absolute atomic E-state index is 0.149. The molecule has 0 unspecified atom stereocenters. The summed E-state index contributed by atoms with van der Waals surface area (Å²) in [6.07, 6.45) is 3.27. The van der Waals surface area contributed by atoms with Crippen LogP contribution in [-0.2, 0) is 11.3 Å². The van der Waals surface area contributed by atoms with Crippen molar-refractivity contribution in [2.24, 2.45) is 0 Å². The molecule has 1 aromatic heterocycles. The van der Waals surface area contributed by atoms with Crippen molar-refractivity contribution >= 4 is 12.0 Å². The summed E-state index contributed by atoms with van der Waals surface area (Å²) in [5.41, 5.74) is 1.88. The van der Waals surface area contributed by atoms with Gasteiger partial charge in [-0.25, -0.2) is 0 Å². The topological polar surface area (TPSA) is 51.5 Å². The highest BCUT2D eigenvalue weighted by Crippen LogP contribution is 2.19. The van der Waals surface area contributed by atoms with Gasteiger partial charge < -0.3 is 14.5 Å². The molecule has 22 heavy (non-hydrogen) atoms. The first-order valence-electron chi connectivity index (χ1n) is 7.33. The Labute approximate surface area is 130 Å². The standard InChI is InChI=1S/C18H21NO3/c1-4-21-17-8-6-5-7-15(17)9-10-18(20)19-12-16-11-13(2)22-14(16)3/h5-11H,4,12H2,1-3H3,(H,19,20)/b10-9+. The fourth-order valence-corrected chi connectivity index (χ4v) is 2.17. The maximum absolute atomic E-state index is 11.9. The Morgan fingerprint density at radius 1 is 1.32 bits per heavy atom. The molecule has 0 aliphatic rings. The van der Waals surface area contributed by atoms with Crippen LogP contribution in [0.1, 0.15) is 29.6 Å². The van der Waals surface area contributed by atoms with Gasteiger partial charge in [0.15, 0.2) is 0 Å². The van der Waals surface area contributed by atoms with Crippen LogP contribution in [0.4, 0.5) is 0 Å². The van der Waals surface area contributed by atoms with E-state index in [0.717, 1.165) is 28.4 Å². The summed E-state index contributed by atoms with van der Waals surface area (Å²) >= 11 is 0. The van der Waals surface area contributed by atoms with Gasteiger partial charge in [-0.1, -0.05) is 18.2 Å². The van der Waals surface area contributed by atoms with Crippen molar-refractivity contribution in [2.45, 2.75) is 27.3 Å². The van der Waals surface area contributed by atoms with Gasteiger partial charge in [0.1, 0.15) is 17.3 Å². The Morgan fingerprint density at radius 3 is 2.77 bits per heavy atom. The Morgan fingerprint density at radius 2 is 2.09 bits per heavy atom. The van der Waals surface area contributed by atoms with Gasteiger partial charge >= 0.3 is 0 Å². The molecule has 1 aromatic carbocycles. The van der Waals surface area contributed by atoms with Crippen molar-refractivity contribution in [3.05, 3.63) is 59.1 Å². The molecule has 2 rings (SSSR count). The van der Waals surface area contributed by atoms with E-state index in [-0.39, 0.29) is 5.91 Å². The summed E-state index contributed by atoms with van der Waals surface area (Å²) < 4.78 is 11.0. The molecule has 2 aromatic rings. The largest absolute Gasteiger partial charge is 0.493 e. The molecule has 1 heterocycles. The van der Waals surface area contributed by atoms with Crippen LogP contribution in [0.2, 0.25) is 0 Å². The van der Waals surface area contributed by atoms with Gasteiger partial charge in [0, 0.05) is 23.7 Å². The van der Waals surface area contributed by atoms with Crippen molar-refractivity contribution in [2.75, 3.05) is 6.61 Å². The number of nitrogens with one attached hydrogen (secondary N) is 1. The summed E-state index contributed by atoms with van der Waals surface area (Å²) in [5.74, 6) is 2.31. The molecule has 1 amide bonds.